The molecular weight excluding hydrogens is 180 g/mol. The Kier molecular flexibility index (Phi) is 3.73. The van der Waals surface area contributed by atoms with Crippen LogP contribution in [-0.4, -0.2) is 17.7 Å². The van der Waals surface area contributed by atoms with Crippen molar-refractivity contribution in [3.63, 3.8) is 0 Å². The lowest BCUT2D eigenvalue weighted by atomic mass is 10.3. The van der Waals surface area contributed by atoms with Crippen molar-refractivity contribution >= 4 is 5.97 Å². The zero-order chi connectivity index (χ0) is 10.4. The largest absolute Gasteiger partial charge is 0.490 e. The van der Waals surface area contributed by atoms with Gasteiger partial charge < -0.3 is 9.84 Å². The minimum atomic E-state index is -0.915. The van der Waals surface area contributed by atoms with E-state index in [4.69, 9.17) is 9.84 Å². The summed E-state index contributed by atoms with van der Waals surface area (Å²) in [4.78, 5) is 10.4. The van der Waals surface area contributed by atoms with E-state index in [2.05, 4.69) is 0 Å². The molecule has 1 aromatic rings. The number of ether oxygens (including phenoxy) is 1. The summed E-state index contributed by atoms with van der Waals surface area (Å²) < 4.78 is 5.29. The third-order valence-electron chi connectivity index (χ3n) is 1.72. The van der Waals surface area contributed by atoms with Crippen LogP contribution in [0.2, 0.25) is 0 Å². The van der Waals surface area contributed by atoms with Gasteiger partial charge in [-0.15, -0.1) is 0 Å². The average molecular weight is 192 g/mol. The number of hydrogen-bond donors (Lipinski definition) is 1. The highest BCUT2D eigenvalue weighted by Crippen LogP contribution is 2.08. The predicted molar refractivity (Wildman–Crippen MR) is 53.3 cm³/mol. The number of aliphatic carboxylic acids is 1. The van der Waals surface area contributed by atoms with Crippen molar-refractivity contribution in [2.75, 3.05) is 6.61 Å². The Morgan fingerprint density at radius 3 is 2.64 bits per heavy atom. The molecule has 14 heavy (non-hydrogen) atoms. The first-order valence-corrected chi connectivity index (χ1v) is 4.28. The maximum Gasteiger partial charge on any atom is 0.331 e. The summed E-state index contributed by atoms with van der Waals surface area (Å²) in [7, 11) is 0. The maximum atomic E-state index is 10.4. The van der Waals surface area contributed by atoms with Gasteiger partial charge in [-0.25, -0.2) is 4.79 Å². The normalized spacial score (nSPS) is 11.1. The second-order valence-corrected chi connectivity index (χ2v) is 2.82. The lowest BCUT2D eigenvalue weighted by molar-refractivity contribution is -0.132. The molecule has 1 rings (SSSR count). The number of carboxylic acids is 1. The fourth-order valence-electron chi connectivity index (χ4n) is 0.867. The molecule has 0 unspecified atom stereocenters. The lowest BCUT2D eigenvalue weighted by Crippen LogP contribution is -2.00. The molecule has 1 N–H and O–H groups in total. The zero-order valence-electron chi connectivity index (χ0n) is 7.93. The highest BCUT2D eigenvalue weighted by atomic mass is 16.5. The van der Waals surface area contributed by atoms with E-state index in [1.165, 1.54) is 13.0 Å². The Bertz CT molecular complexity index is 328. The van der Waals surface area contributed by atoms with Gasteiger partial charge in [0.25, 0.3) is 0 Å². The van der Waals surface area contributed by atoms with Crippen molar-refractivity contribution in [3.05, 3.63) is 42.0 Å². The first-order chi connectivity index (χ1) is 6.70. The zero-order valence-corrected chi connectivity index (χ0v) is 7.93. The molecule has 0 atom stereocenters. The van der Waals surface area contributed by atoms with Crippen LogP contribution in [0.4, 0.5) is 0 Å². The molecule has 74 valence electrons. The third-order valence-corrected chi connectivity index (χ3v) is 1.72. The Hall–Kier alpha value is -1.77. The number of hydrogen-bond acceptors (Lipinski definition) is 2. The van der Waals surface area contributed by atoms with Gasteiger partial charge in [0.05, 0.1) is 0 Å². The Balaban J connectivity index is 2.43. The SMILES string of the molecule is CC(=CCOc1ccccc1)C(=O)O. The van der Waals surface area contributed by atoms with Gasteiger partial charge in [-0.05, 0) is 25.1 Å². The molecule has 0 amide bonds. The van der Waals surface area contributed by atoms with Crippen molar-refractivity contribution in [1.29, 1.82) is 0 Å². The molecule has 0 aliphatic heterocycles. The van der Waals surface area contributed by atoms with Gasteiger partial charge in [0.1, 0.15) is 12.4 Å². The molecule has 0 spiro atoms. The van der Waals surface area contributed by atoms with Gasteiger partial charge in [-0.1, -0.05) is 18.2 Å². The summed E-state index contributed by atoms with van der Waals surface area (Å²) in [5, 5.41) is 8.56. The van der Waals surface area contributed by atoms with Crippen LogP contribution in [0.15, 0.2) is 42.0 Å². The van der Waals surface area contributed by atoms with Crippen LogP contribution in [0.3, 0.4) is 0 Å². The fourth-order valence-corrected chi connectivity index (χ4v) is 0.867. The molecule has 0 heterocycles. The molecule has 0 saturated heterocycles. The first kappa shape index (κ1) is 10.3. The molecule has 0 aliphatic rings. The third kappa shape index (κ3) is 3.31. The Labute approximate surface area is 82.6 Å². The van der Waals surface area contributed by atoms with Gasteiger partial charge in [-0.2, -0.15) is 0 Å². The summed E-state index contributed by atoms with van der Waals surface area (Å²) in [6, 6.07) is 9.27. The predicted octanol–water partition coefficient (Wildman–Crippen LogP) is 2.10. The van der Waals surface area contributed by atoms with Crippen molar-refractivity contribution < 1.29 is 14.6 Å². The molecule has 0 saturated carbocycles. The number of carboxylic acid groups (broad SMARTS) is 1. The number of para-hydroxylation sites is 1. The minimum absolute atomic E-state index is 0.280. The van der Waals surface area contributed by atoms with Crippen molar-refractivity contribution in [3.8, 4) is 5.75 Å². The number of benzene rings is 1. The number of rotatable bonds is 4. The van der Waals surface area contributed by atoms with Crippen molar-refractivity contribution in [2.45, 2.75) is 6.92 Å². The van der Waals surface area contributed by atoms with E-state index < -0.39 is 5.97 Å². The molecule has 3 heteroatoms. The van der Waals surface area contributed by atoms with Crippen LogP contribution >= 0.6 is 0 Å². The van der Waals surface area contributed by atoms with Gasteiger partial charge >= 0.3 is 5.97 Å². The molecule has 0 aliphatic carbocycles. The average Bonchev–Trinajstić information content (AvgIpc) is 2.19. The van der Waals surface area contributed by atoms with Crippen LogP contribution < -0.4 is 4.74 Å². The molecule has 0 radical (unpaired) electrons. The Morgan fingerprint density at radius 1 is 1.43 bits per heavy atom. The second-order valence-electron chi connectivity index (χ2n) is 2.82. The monoisotopic (exact) mass is 192 g/mol. The van der Waals surface area contributed by atoms with E-state index in [0.29, 0.717) is 5.57 Å². The lowest BCUT2D eigenvalue weighted by Gasteiger charge is -2.02. The van der Waals surface area contributed by atoms with E-state index in [0.717, 1.165) is 5.75 Å². The van der Waals surface area contributed by atoms with Crippen LogP contribution in [0, 0.1) is 0 Å². The molecule has 0 fully saturated rings. The van der Waals surface area contributed by atoms with Crippen LogP contribution in [0.1, 0.15) is 6.92 Å². The fraction of sp³-hybridized carbons (Fsp3) is 0.182. The van der Waals surface area contributed by atoms with E-state index in [1.807, 2.05) is 30.3 Å². The van der Waals surface area contributed by atoms with Crippen molar-refractivity contribution in [1.82, 2.24) is 0 Å². The summed E-state index contributed by atoms with van der Waals surface area (Å²) in [6.07, 6.45) is 1.54. The molecular formula is C11H12O3. The van der Waals surface area contributed by atoms with Crippen LogP contribution in [0.5, 0.6) is 5.75 Å². The molecule has 0 aromatic heterocycles. The van der Waals surface area contributed by atoms with Crippen molar-refractivity contribution in [2.24, 2.45) is 0 Å². The summed E-state index contributed by atoms with van der Waals surface area (Å²) in [5.41, 5.74) is 0.293. The quantitative estimate of drug-likeness (QED) is 0.743. The van der Waals surface area contributed by atoms with Crippen LogP contribution in [0.25, 0.3) is 0 Å². The number of carbonyl (C=O) groups is 1. The smallest absolute Gasteiger partial charge is 0.331 e. The summed E-state index contributed by atoms with van der Waals surface area (Å²) in [6.45, 7) is 1.82. The molecule has 0 bridgehead atoms. The summed E-state index contributed by atoms with van der Waals surface area (Å²) in [5.74, 6) is -0.177. The van der Waals surface area contributed by atoms with Gasteiger partial charge in [0.2, 0.25) is 0 Å². The second kappa shape index (κ2) is 5.07. The summed E-state index contributed by atoms with van der Waals surface area (Å²) >= 11 is 0. The minimum Gasteiger partial charge on any atom is -0.490 e. The topological polar surface area (TPSA) is 46.5 Å². The van der Waals surface area contributed by atoms with Gasteiger partial charge in [0, 0.05) is 5.57 Å². The van der Waals surface area contributed by atoms with Crippen LogP contribution in [-0.2, 0) is 4.79 Å². The molecule has 1 aromatic carbocycles. The Morgan fingerprint density at radius 2 is 2.07 bits per heavy atom. The van der Waals surface area contributed by atoms with E-state index in [1.54, 1.807) is 0 Å². The first-order valence-electron chi connectivity index (χ1n) is 4.28. The van der Waals surface area contributed by atoms with Gasteiger partial charge in [-0.3, -0.25) is 0 Å². The maximum absolute atomic E-state index is 10.4. The van der Waals surface area contributed by atoms with E-state index in [-0.39, 0.29) is 6.61 Å². The molecule has 3 nitrogen and oxygen atoms in total. The van der Waals surface area contributed by atoms with Gasteiger partial charge in [0.15, 0.2) is 0 Å². The standard InChI is InChI=1S/C11H12O3/c1-9(11(12)13)7-8-14-10-5-3-2-4-6-10/h2-7H,8H2,1H3,(H,12,13). The highest BCUT2D eigenvalue weighted by molar-refractivity contribution is 5.85. The highest BCUT2D eigenvalue weighted by Gasteiger charge is 1.98. The van der Waals surface area contributed by atoms with E-state index >= 15 is 0 Å². The van der Waals surface area contributed by atoms with E-state index in [9.17, 15) is 4.79 Å².